The molecule has 1 aromatic rings. The van der Waals surface area contributed by atoms with Gasteiger partial charge in [0.25, 0.3) is 0 Å². The number of nitrogens with zero attached hydrogens (tertiary/aromatic N) is 1. The van der Waals surface area contributed by atoms with Crippen LogP contribution in [0.15, 0.2) is 30.4 Å². The van der Waals surface area contributed by atoms with Crippen molar-refractivity contribution in [3.8, 4) is 5.75 Å². The Hall–Kier alpha value is -3.27. The second kappa shape index (κ2) is 18.2. The fraction of sp³-hybridized carbons (Fsp3) is 0.645. The molecule has 0 bridgehead atoms. The molecule has 1 aliphatic rings. The van der Waals surface area contributed by atoms with Crippen LogP contribution in [0.3, 0.4) is 0 Å². The zero-order chi connectivity index (χ0) is 30.2. The lowest BCUT2D eigenvalue weighted by atomic mass is 9.89. The molecule has 228 valence electrons. The lowest BCUT2D eigenvalue weighted by molar-refractivity contribution is -0.385. The highest BCUT2D eigenvalue weighted by Gasteiger charge is 2.32. The van der Waals surface area contributed by atoms with Crippen LogP contribution in [0.25, 0.3) is 0 Å². The van der Waals surface area contributed by atoms with Crippen LogP contribution in [-0.2, 0) is 25.5 Å². The number of rotatable bonds is 19. The van der Waals surface area contributed by atoms with Gasteiger partial charge in [-0.25, -0.2) is 4.79 Å². The van der Waals surface area contributed by atoms with Gasteiger partial charge in [0.1, 0.15) is 11.8 Å². The lowest BCUT2D eigenvalue weighted by Crippen LogP contribution is -2.43. The van der Waals surface area contributed by atoms with Crippen molar-refractivity contribution in [1.82, 2.24) is 5.32 Å². The van der Waals surface area contributed by atoms with Crippen LogP contribution in [0.4, 0.5) is 5.69 Å². The number of benzene rings is 1. The number of allylic oxidation sites excluding steroid dienone is 1. The van der Waals surface area contributed by atoms with Gasteiger partial charge in [0.15, 0.2) is 5.75 Å². The van der Waals surface area contributed by atoms with Gasteiger partial charge in [0.2, 0.25) is 5.91 Å². The Balaban J connectivity index is 1.76. The van der Waals surface area contributed by atoms with Crippen molar-refractivity contribution in [2.45, 2.75) is 103 Å². The number of hydrogen-bond donors (Lipinski definition) is 2. The predicted octanol–water partition coefficient (Wildman–Crippen LogP) is 5.24. The van der Waals surface area contributed by atoms with Crippen molar-refractivity contribution < 1.29 is 33.9 Å². The molecule has 1 aromatic carbocycles. The molecule has 0 heterocycles. The highest BCUT2D eigenvalue weighted by atomic mass is 16.6. The van der Waals surface area contributed by atoms with E-state index in [0.29, 0.717) is 24.2 Å². The Bertz CT molecular complexity index is 1040. The largest absolute Gasteiger partial charge is 0.490 e. The Labute approximate surface area is 243 Å². The second-order valence-corrected chi connectivity index (χ2v) is 10.8. The third-order valence-electron chi connectivity index (χ3n) is 7.71. The van der Waals surface area contributed by atoms with Gasteiger partial charge in [0, 0.05) is 31.2 Å². The monoisotopic (exact) mass is 574 g/mol. The number of carbonyl (C=O) groups excluding carboxylic acids is 3. The summed E-state index contributed by atoms with van der Waals surface area (Å²) >= 11 is 0. The number of hydrogen-bond acceptors (Lipinski definition) is 8. The summed E-state index contributed by atoms with van der Waals surface area (Å²) in [6.45, 7) is 2.13. The number of amides is 1. The van der Waals surface area contributed by atoms with Crippen molar-refractivity contribution in [3.05, 3.63) is 46.0 Å². The molecule has 0 spiro atoms. The number of unbranched alkanes of at least 4 members (excludes halogenated alkanes) is 5. The molecule has 10 nitrogen and oxygen atoms in total. The zero-order valence-corrected chi connectivity index (χ0v) is 24.6. The lowest BCUT2D eigenvalue weighted by Gasteiger charge is -2.17. The topological polar surface area (TPSA) is 145 Å². The molecular formula is C31H46N2O8. The number of ether oxygens (including phenoxy) is 2. The third kappa shape index (κ3) is 11.6. The van der Waals surface area contributed by atoms with Crippen molar-refractivity contribution in [3.63, 3.8) is 0 Å². The van der Waals surface area contributed by atoms with Gasteiger partial charge in [-0.3, -0.25) is 19.7 Å². The van der Waals surface area contributed by atoms with E-state index in [0.717, 1.165) is 57.8 Å². The molecule has 10 heteroatoms. The summed E-state index contributed by atoms with van der Waals surface area (Å²) in [5, 5.41) is 24.2. The quantitative estimate of drug-likeness (QED) is 0.0750. The van der Waals surface area contributed by atoms with E-state index < -0.39 is 23.0 Å². The molecule has 2 N–H and O–H groups in total. The summed E-state index contributed by atoms with van der Waals surface area (Å²) in [5.41, 5.74) is 0.274. The number of aliphatic hydroxyl groups is 1. The molecular weight excluding hydrogens is 528 g/mol. The van der Waals surface area contributed by atoms with Gasteiger partial charge < -0.3 is 19.9 Å². The van der Waals surface area contributed by atoms with E-state index in [-0.39, 0.29) is 42.0 Å². The Morgan fingerprint density at radius 1 is 1.17 bits per heavy atom. The SMILES string of the molecule is CCCCC[C@@H](O)/C=C/[C@@H]1CCC(=O)[C@@H]1CCCCCCC(=O)N[C@@H](Cc1ccc(OC)c([N+](=O)[O-])c1)C(=O)OC. The van der Waals surface area contributed by atoms with Crippen LogP contribution in [0, 0.1) is 22.0 Å². The number of ketones is 1. The first kappa shape index (κ1) is 33.9. The van der Waals surface area contributed by atoms with E-state index >= 15 is 0 Å². The average molecular weight is 575 g/mol. The van der Waals surface area contributed by atoms with Gasteiger partial charge in [-0.05, 0) is 43.2 Å². The maximum Gasteiger partial charge on any atom is 0.328 e. The molecule has 2 rings (SSSR count). The van der Waals surface area contributed by atoms with Gasteiger partial charge in [-0.15, -0.1) is 0 Å². The van der Waals surface area contributed by atoms with E-state index in [2.05, 4.69) is 12.2 Å². The summed E-state index contributed by atoms with van der Waals surface area (Å²) in [6.07, 6.45) is 13.2. The average Bonchev–Trinajstić information content (AvgIpc) is 3.31. The van der Waals surface area contributed by atoms with E-state index in [1.165, 1.54) is 26.4 Å². The third-order valence-corrected chi connectivity index (χ3v) is 7.71. The molecule has 0 saturated heterocycles. The van der Waals surface area contributed by atoms with Crippen LogP contribution in [0.5, 0.6) is 5.75 Å². The molecule has 41 heavy (non-hydrogen) atoms. The molecule has 0 aliphatic heterocycles. The number of methoxy groups -OCH3 is 2. The van der Waals surface area contributed by atoms with Gasteiger partial charge in [0.05, 0.1) is 25.2 Å². The molecule has 1 saturated carbocycles. The molecule has 4 atom stereocenters. The van der Waals surface area contributed by atoms with Crippen molar-refractivity contribution in [2.24, 2.45) is 11.8 Å². The summed E-state index contributed by atoms with van der Waals surface area (Å²) in [4.78, 5) is 48.0. The fourth-order valence-corrected chi connectivity index (χ4v) is 5.36. The summed E-state index contributed by atoms with van der Waals surface area (Å²) in [6, 6.07) is 3.42. The molecule has 1 fully saturated rings. The van der Waals surface area contributed by atoms with Gasteiger partial charge in [-0.2, -0.15) is 0 Å². The molecule has 1 aliphatic carbocycles. The Morgan fingerprint density at radius 2 is 1.93 bits per heavy atom. The number of carbonyl (C=O) groups is 3. The zero-order valence-electron chi connectivity index (χ0n) is 24.6. The fourth-order valence-electron chi connectivity index (χ4n) is 5.36. The van der Waals surface area contributed by atoms with Crippen molar-refractivity contribution >= 4 is 23.3 Å². The highest BCUT2D eigenvalue weighted by molar-refractivity contribution is 5.85. The molecule has 0 radical (unpaired) electrons. The van der Waals surface area contributed by atoms with Crippen molar-refractivity contribution in [2.75, 3.05) is 14.2 Å². The highest BCUT2D eigenvalue weighted by Crippen LogP contribution is 2.34. The molecule has 1 amide bonds. The van der Waals surface area contributed by atoms with Crippen LogP contribution in [-0.4, -0.2) is 54.1 Å². The van der Waals surface area contributed by atoms with Gasteiger partial charge in [-0.1, -0.05) is 63.7 Å². The minimum absolute atomic E-state index is 0.00647. The summed E-state index contributed by atoms with van der Waals surface area (Å²) in [7, 11) is 2.56. The van der Waals surface area contributed by atoms with Gasteiger partial charge >= 0.3 is 11.7 Å². The van der Waals surface area contributed by atoms with Crippen LogP contribution in [0.1, 0.15) is 89.5 Å². The number of nitro groups is 1. The minimum Gasteiger partial charge on any atom is -0.490 e. The van der Waals surface area contributed by atoms with Crippen LogP contribution >= 0.6 is 0 Å². The van der Waals surface area contributed by atoms with E-state index in [9.17, 15) is 29.6 Å². The predicted molar refractivity (Wildman–Crippen MR) is 156 cm³/mol. The first-order chi connectivity index (χ1) is 19.7. The first-order valence-electron chi connectivity index (χ1n) is 14.8. The number of esters is 1. The maximum atomic E-state index is 12.6. The Morgan fingerprint density at radius 3 is 2.61 bits per heavy atom. The smallest absolute Gasteiger partial charge is 0.328 e. The Kier molecular flexibility index (Phi) is 15.1. The normalized spacial score (nSPS) is 18.3. The standard InChI is InChI=1S/C31H46N2O8/c1-4-5-8-11-24(34)17-15-23-16-18-28(35)25(23)12-9-6-7-10-13-30(36)32-26(31(37)41-3)20-22-14-19-29(40-2)27(21-22)33(38)39/h14-15,17,19,21,23-26,34H,4-13,16,18,20H2,1-3H3,(H,32,36)/b17-15+/t23-,24-,25-,26+/m1/s1. The summed E-state index contributed by atoms with van der Waals surface area (Å²) in [5.74, 6) is -0.315. The van der Waals surface area contributed by atoms with Crippen molar-refractivity contribution in [1.29, 1.82) is 0 Å². The second-order valence-electron chi connectivity index (χ2n) is 10.8. The van der Waals surface area contributed by atoms with Crippen LogP contribution in [0.2, 0.25) is 0 Å². The number of nitrogens with one attached hydrogen (secondary N) is 1. The van der Waals surface area contributed by atoms with Crippen LogP contribution < -0.4 is 10.1 Å². The minimum atomic E-state index is -0.968. The first-order valence-corrected chi connectivity index (χ1v) is 14.8. The number of nitro benzene ring substituents is 1. The molecule has 0 unspecified atom stereocenters. The van der Waals surface area contributed by atoms with E-state index in [1.54, 1.807) is 6.07 Å². The van der Waals surface area contributed by atoms with E-state index in [1.807, 2.05) is 12.2 Å². The maximum absolute atomic E-state index is 12.6. The van der Waals surface area contributed by atoms with E-state index in [4.69, 9.17) is 9.47 Å². The molecule has 0 aromatic heterocycles. The number of Topliss-reactive ketones (excluding diaryl/α,β-unsaturated/α-hetero) is 1. The summed E-state index contributed by atoms with van der Waals surface area (Å²) < 4.78 is 9.84. The number of aliphatic hydroxyl groups excluding tert-OH is 1.